The highest BCUT2D eigenvalue weighted by Crippen LogP contribution is 2.24. The highest BCUT2D eigenvalue weighted by atomic mass is 32.2. The van der Waals surface area contributed by atoms with E-state index in [1.807, 2.05) is 48.1 Å². The maximum absolute atomic E-state index is 11.8. The second-order valence-corrected chi connectivity index (χ2v) is 7.35. The van der Waals surface area contributed by atoms with E-state index in [9.17, 15) is 8.42 Å². The van der Waals surface area contributed by atoms with Crippen LogP contribution in [0.3, 0.4) is 0 Å². The van der Waals surface area contributed by atoms with Crippen LogP contribution >= 0.6 is 0 Å². The van der Waals surface area contributed by atoms with E-state index in [0.717, 1.165) is 11.3 Å². The number of nitrogens with zero attached hydrogens (tertiary/aromatic N) is 3. The molecule has 0 bridgehead atoms. The highest BCUT2D eigenvalue weighted by molar-refractivity contribution is 7.89. The number of nitrogens with one attached hydrogen (secondary N) is 2. The van der Waals surface area contributed by atoms with E-state index in [1.165, 1.54) is 19.3 Å². The van der Waals surface area contributed by atoms with Crippen molar-refractivity contribution in [3.63, 3.8) is 0 Å². The summed E-state index contributed by atoms with van der Waals surface area (Å²) in [7, 11) is -2.11. The number of benzene rings is 1. The van der Waals surface area contributed by atoms with Crippen LogP contribution in [0.4, 0.5) is 5.82 Å². The minimum Gasteiger partial charge on any atom is -0.363 e. The molecule has 2 heterocycles. The Hall–Kier alpha value is -2.71. The number of sulfonamides is 1. The van der Waals surface area contributed by atoms with Crippen LogP contribution in [0.25, 0.3) is 5.69 Å². The van der Waals surface area contributed by atoms with E-state index in [4.69, 9.17) is 0 Å². The predicted octanol–water partition coefficient (Wildman–Crippen LogP) is 2.35. The summed E-state index contributed by atoms with van der Waals surface area (Å²) >= 11 is 0. The number of hydrogen-bond acceptors (Lipinski definition) is 5. The molecular formula is C17H19N5O2S. The molecule has 0 radical (unpaired) electrons. The van der Waals surface area contributed by atoms with Gasteiger partial charge in [-0.25, -0.2) is 22.8 Å². The lowest BCUT2D eigenvalue weighted by atomic mass is 10.1. The van der Waals surface area contributed by atoms with Gasteiger partial charge in [0.2, 0.25) is 10.0 Å². The maximum Gasteiger partial charge on any atom is 0.241 e. The summed E-state index contributed by atoms with van der Waals surface area (Å²) in [5, 5.41) is 7.57. The van der Waals surface area contributed by atoms with Crippen LogP contribution < -0.4 is 10.0 Å². The fourth-order valence-corrected chi connectivity index (χ4v) is 3.19. The van der Waals surface area contributed by atoms with Crippen LogP contribution in [-0.2, 0) is 10.0 Å². The fourth-order valence-electron chi connectivity index (χ4n) is 2.52. The van der Waals surface area contributed by atoms with Crippen molar-refractivity contribution in [2.75, 3.05) is 12.4 Å². The zero-order valence-electron chi connectivity index (χ0n) is 13.9. The molecule has 3 aromatic rings. The zero-order valence-corrected chi connectivity index (χ0v) is 14.7. The molecule has 0 aliphatic heterocycles. The molecule has 1 atom stereocenters. The van der Waals surface area contributed by atoms with Crippen molar-refractivity contribution in [3.05, 3.63) is 66.6 Å². The van der Waals surface area contributed by atoms with E-state index < -0.39 is 10.0 Å². The Morgan fingerprint density at radius 1 is 1.12 bits per heavy atom. The van der Waals surface area contributed by atoms with Crippen LogP contribution in [0.15, 0.2) is 66.0 Å². The largest absolute Gasteiger partial charge is 0.363 e. The van der Waals surface area contributed by atoms with Crippen LogP contribution in [-0.4, -0.2) is 30.2 Å². The quantitative estimate of drug-likeness (QED) is 0.707. The van der Waals surface area contributed by atoms with Crippen LogP contribution in [0, 0.1) is 0 Å². The molecule has 0 aliphatic carbocycles. The summed E-state index contributed by atoms with van der Waals surface area (Å²) in [6.07, 6.45) is 4.96. The smallest absolute Gasteiger partial charge is 0.241 e. The van der Waals surface area contributed by atoms with Crippen LogP contribution in [0.2, 0.25) is 0 Å². The van der Waals surface area contributed by atoms with Crippen molar-refractivity contribution >= 4 is 15.8 Å². The molecule has 7 nitrogen and oxygen atoms in total. The van der Waals surface area contributed by atoms with Gasteiger partial charge >= 0.3 is 0 Å². The standard InChI is InChI=1S/C17H19N5O2S/c1-13(15-6-3-4-7-16(15)22-11-5-10-20-22)21-17-9-8-14(12-19-17)25(23,24)18-2/h3-13,18H,1-2H3,(H,19,21). The van der Waals surface area contributed by atoms with Crippen molar-refractivity contribution < 1.29 is 8.42 Å². The number of pyridine rings is 1. The molecule has 1 aromatic carbocycles. The van der Waals surface area contributed by atoms with Crippen molar-refractivity contribution in [3.8, 4) is 5.69 Å². The average molecular weight is 357 g/mol. The molecule has 3 rings (SSSR count). The predicted molar refractivity (Wildman–Crippen MR) is 96.1 cm³/mol. The van der Waals surface area contributed by atoms with Gasteiger partial charge < -0.3 is 5.32 Å². The minimum absolute atomic E-state index is 0.0420. The molecule has 0 amide bonds. The average Bonchev–Trinajstić information content (AvgIpc) is 3.16. The van der Waals surface area contributed by atoms with Crippen molar-refractivity contribution in [2.24, 2.45) is 0 Å². The monoisotopic (exact) mass is 357 g/mol. The van der Waals surface area contributed by atoms with Gasteiger partial charge in [0.05, 0.1) is 11.7 Å². The summed E-state index contributed by atoms with van der Waals surface area (Å²) in [5.74, 6) is 0.595. The van der Waals surface area contributed by atoms with E-state index in [2.05, 4.69) is 20.1 Å². The second kappa shape index (κ2) is 7.04. The van der Waals surface area contributed by atoms with Gasteiger partial charge in [-0.3, -0.25) is 0 Å². The molecule has 25 heavy (non-hydrogen) atoms. The lowest BCUT2D eigenvalue weighted by Gasteiger charge is -2.18. The lowest BCUT2D eigenvalue weighted by Crippen LogP contribution is -2.19. The third kappa shape index (κ3) is 3.70. The Bertz CT molecular complexity index is 937. The maximum atomic E-state index is 11.8. The zero-order chi connectivity index (χ0) is 17.9. The molecule has 130 valence electrons. The van der Waals surface area contributed by atoms with Gasteiger partial charge in [-0.15, -0.1) is 0 Å². The second-order valence-electron chi connectivity index (χ2n) is 5.46. The Morgan fingerprint density at radius 2 is 1.92 bits per heavy atom. The lowest BCUT2D eigenvalue weighted by molar-refractivity contribution is 0.588. The number of aromatic nitrogens is 3. The summed E-state index contributed by atoms with van der Waals surface area (Å²) in [5.41, 5.74) is 2.03. The van der Waals surface area contributed by atoms with Gasteiger partial charge in [-0.1, -0.05) is 18.2 Å². The molecule has 0 saturated heterocycles. The Morgan fingerprint density at radius 3 is 2.56 bits per heavy atom. The fraction of sp³-hybridized carbons (Fsp3) is 0.176. The third-order valence-corrected chi connectivity index (χ3v) is 5.23. The van der Waals surface area contributed by atoms with Gasteiger partial charge in [0, 0.05) is 18.6 Å². The molecule has 2 aromatic heterocycles. The molecule has 2 N–H and O–H groups in total. The summed E-state index contributed by atoms with van der Waals surface area (Å²) < 4.78 is 27.6. The molecule has 1 unspecified atom stereocenters. The van der Waals surface area contributed by atoms with Crippen LogP contribution in [0.1, 0.15) is 18.5 Å². The summed E-state index contributed by atoms with van der Waals surface area (Å²) in [6, 6.07) is 13.0. The molecule has 0 fully saturated rings. The molecule has 8 heteroatoms. The number of hydrogen-bond donors (Lipinski definition) is 2. The first-order chi connectivity index (χ1) is 12.0. The Balaban J connectivity index is 1.83. The summed E-state index contributed by atoms with van der Waals surface area (Å²) in [6.45, 7) is 2.02. The van der Waals surface area contributed by atoms with Crippen molar-refractivity contribution in [2.45, 2.75) is 17.9 Å². The van der Waals surface area contributed by atoms with Crippen molar-refractivity contribution in [1.82, 2.24) is 19.5 Å². The first-order valence-corrected chi connectivity index (χ1v) is 9.24. The number of anilines is 1. The Kier molecular flexibility index (Phi) is 4.82. The van der Waals surface area contributed by atoms with Crippen molar-refractivity contribution in [1.29, 1.82) is 0 Å². The number of rotatable bonds is 6. The Labute approximate surface area is 146 Å². The number of para-hydroxylation sites is 1. The van der Waals surface area contributed by atoms with E-state index in [1.54, 1.807) is 12.3 Å². The van der Waals surface area contributed by atoms with E-state index >= 15 is 0 Å². The first kappa shape index (κ1) is 17.1. The van der Waals surface area contributed by atoms with E-state index in [0.29, 0.717) is 5.82 Å². The summed E-state index contributed by atoms with van der Waals surface area (Å²) in [4.78, 5) is 4.33. The van der Waals surface area contributed by atoms with E-state index in [-0.39, 0.29) is 10.9 Å². The minimum atomic E-state index is -3.48. The molecule has 0 saturated carbocycles. The van der Waals surface area contributed by atoms with Gasteiger partial charge in [-0.05, 0) is 43.8 Å². The van der Waals surface area contributed by atoms with Gasteiger partial charge in [0.15, 0.2) is 0 Å². The topological polar surface area (TPSA) is 88.9 Å². The first-order valence-electron chi connectivity index (χ1n) is 7.76. The van der Waals surface area contributed by atoms with Gasteiger partial charge in [0.25, 0.3) is 0 Å². The van der Waals surface area contributed by atoms with Gasteiger partial charge in [-0.2, -0.15) is 5.10 Å². The normalized spacial score (nSPS) is 12.7. The van der Waals surface area contributed by atoms with Gasteiger partial charge in [0.1, 0.15) is 10.7 Å². The third-order valence-electron chi connectivity index (χ3n) is 3.83. The highest BCUT2D eigenvalue weighted by Gasteiger charge is 2.14. The SMILES string of the molecule is CNS(=O)(=O)c1ccc(NC(C)c2ccccc2-n2cccn2)nc1. The molecular weight excluding hydrogens is 338 g/mol. The molecule has 0 spiro atoms. The van der Waals surface area contributed by atoms with Crippen LogP contribution in [0.5, 0.6) is 0 Å². The molecule has 0 aliphatic rings.